The van der Waals surface area contributed by atoms with E-state index in [-0.39, 0.29) is 64.1 Å². The predicted molar refractivity (Wildman–Crippen MR) is 88.1 cm³/mol. The molecule has 1 amide bonds. The number of pyridine rings is 1. The number of benzene rings is 1. The number of nitrogens with zero attached hydrogens (tertiary/aromatic N) is 2. The van der Waals surface area contributed by atoms with Gasteiger partial charge in [0, 0.05) is 16.6 Å². The van der Waals surface area contributed by atoms with Gasteiger partial charge in [0.25, 0.3) is 0 Å². The Hall–Kier alpha value is -0.395. The first kappa shape index (κ1) is 18.0. The quantitative estimate of drug-likeness (QED) is 0.679. The molecule has 0 aliphatic heterocycles. The van der Waals surface area contributed by atoms with Gasteiger partial charge < -0.3 is 10.1 Å². The zero-order chi connectivity index (χ0) is 15.0. The van der Waals surface area contributed by atoms with Crippen LogP contribution in [0.5, 0.6) is 0 Å². The van der Waals surface area contributed by atoms with Gasteiger partial charge in [0.2, 0.25) is 0 Å². The second-order valence-corrected chi connectivity index (χ2v) is 5.96. The van der Waals surface area contributed by atoms with Crippen molar-refractivity contribution in [3.8, 4) is 11.1 Å². The summed E-state index contributed by atoms with van der Waals surface area (Å²) >= 11 is 1.43. The summed E-state index contributed by atoms with van der Waals surface area (Å²) in [5.74, 6) is -0.186. The van der Waals surface area contributed by atoms with Crippen LogP contribution in [0.1, 0.15) is 20.9 Å². The molecule has 2 aromatic heterocycles. The number of hydrogen-bond donors (Lipinski definition) is 0. The number of carbonyl (C=O) groups is 1. The molecule has 22 heavy (non-hydrogen) atoms. The van der Waals surface area contributed by atoms with Crippen molar-refractivity contribution in [1.29, 1.82) is 0 Å². The van der Waals surface area contributed by atoms with Crippen LogP contribution in [0.4, 0.5) is 0 Å². The fourth-order valence-corrected chi connectivity index (χ4v) is 3.82. The molecular formula is C17H15N2ORbS. The Labute approximate surface area is 182 Å². The molecule has 0 spiro atoms. The maximum atomic E-state index is 12.2. The van der Waals surface area contributed by atoms with Crippen LogP contribution >= 0.6 is 11.3 Å². The first-order valence-electron chi connectivity index (χ1n) is 6.72. The fourth-order valence-electron chi connectivity index (χ4n) is 2.57. The van der Waals surface area contributed by atoms with E-state index in [1.54, 1.807) is 0 Å². The van der Waals surface area contributed by atoms with Gasteiger partial charge in [-0.15, -0.1) is 18.4 Å². The Balaban J connectivity index is 0.00000176. The minimum Gasteiger partial charge on any atom is -0.651 e. The van der Waals surface area contributed by atoms with Gasteiger partial charge in [0.15, 0.2) is 0 Å². The summed E-state index contributed by atoms with van der Waals surface area (Å²) in [6, 6.07) is 12.0. The number of carbonyl (C=O) groups excluding carboxylic acids is 1. The van der Waals surface area contributed by atoms with Crippen LogP contribution in [0.15, 0.2) is 36.4 Å². The second-order valence-electron chi connectivity index (χ2n) is 4.96. The summed E-state index contributed by atoms with van der Waals surface area (Å²) in [4.78, 5) is 18.3. The van der Waals surface area contributed by atoms with Gasteiger partial charge in [-0.25, -0.2) is 4.98 Å². The number of rotatable bonds is 2. The van der Waals surface area contributed by atoms with Gasteiger partial charge in [-0.3, -0.25) is 0 Å². The Morgan fingerprint density at radius 2 is 1.86 bits per heavy atom. The van der Waals surface area contributed by atoms with Crippen LogP contribution in [0, 0.1) is 13.8 Å². The van der Waals surface area contributed by atoms with Crippen molar-refractivity contribution < 1.29 is 63.0 Å². The molecule has 106 valence electrons. The van der Waals surface area contributed by atoms with Crippen molar-refractivity contribution in [2.45, 2.75) is 13.8 Å². The molecule has 0 bridgehead atoms. The molecule has 0 unspecified atom stereocenters. The maximum absolute atomic E-state index is 12.2. The van der Waals surface area contributed by atoms with Gasteiger partial charge in [-0.05, 0) is 31.0 Å². The van der Waals surface area contributed by atoms with E-state index >= 15 is 0 Å². The molecule has 3 aromatic rings. The van der Waals surface area contributed by atoms with Crippen LogP contribution in [0.2, 0.25) is 0 Å². The average Bonchev–Trinajstić information content (AvgIpc) is 2.86. The topological polar surface area (TPSA) is 44.1 Å². The van der Waals surface area contributed by atoms with Crippen molar-refractivity contribution in [3.63, 3.8) is 0 Å². The summed E-state index contributed by atoms with van der Waals surface area (Å²) in [5, 5.41) is 4.90. The molecule has 0 aliphatic rings. The van der Waals surface area contributed by atoms with Gasteiger partial charge in [0.05, 0.1) is 10.8 Å². The Bertz CT molecular complexity index is 828. The van der Waals surface area contributed by atoms with Gasteiger partial charge in [-0.1, -0.05) is 30.3 Å². The van der Waals surface area contributed by atoms with Crippen molar-refractivity contribution >= 4 is 27.5 Å². The van der Waals surface area contributed by atoms with Crippen LogP contribution < -0.4 is 58.2 Å². The molecule has 3 rings (SSSR count). The molecule has 0 fully saturated rings. The van der Waals surface area contributed by atoms with E-state index in [1.165, 1.54) is 18.4 Å². The Kier molecular flexibility index (Phi) is 6.08. The minimum atomic E-state index is -0.186. The number of hydrogen-bond acceptors (Lipinski definition) is 3. The zero-order valence-corrected chi connectivity index (χ0v) is 18.9. The zero-order valence-electron chi connectivity index (χ0n) is 13.2. The van der Waals surface area contributed by atoms with E-state index in [0.29, 0.717) is 4.88 Å². The summed E-state index contributed by atoms with van der Waals surface area (Å²) in [5.41, 5.74) is 4.09. The van der Waals surface area contributed by atoms with Crippen LogP contribution in [-0.2, 0) is 0 Å². The molecule has 0 N–H and O–H groups in total. The van der Waals surface area contributed by atoms with Gasteiger partial charge in [-0.2, -0.15) is 0 Å². The standard InChI is InChI=1S/C17H16N2OS.Rb/c1-10-9-11(2)19-17-13(10)14(12-7-5-4-6-8-12)15(21-17)16(20)18-3;/h4-9H,1-3H3,(H,18,20);/q;+1/p-1. The van der Waals surface area contributed by atoms with Gasteiger partial charge >= 0.3 is 58.2 Å². The summed E-state index contributed by atoms with van der Waals surface area (Å²) in [7, 11) is 1.53. The number of aryl methyl sites for hydroxylation is 2. The first-order valence-corrected chi connectivity index (χ1v) is 7.53. The molecule has 5 heteroatoms. The molecule has 0 atom stereocenters. The molecule has 0 saturated heterocycles. The minimum absolute atomic E-state index is 0. The Morgan fingerprint density at radius 1 is 1.18 bits per heavy atom. The largest absolute Gasteiger partial charge is 1.00 e. The van der Waals surface area contributed by atoms with E-state index in [0.717, 1.165) is 32.6 Å². The predicted octanol–water partition coefficient (Wildman–Crippen LogP) is 1.73. The number of fused-ring (bicyclic) bond motifs is 1. The second kappa shape index (κ2) is 7.45. The molecule has 0 radical (unpaired) electrons. The van der Waals surface area contributed by atoms with Crippen LogP contribution in [0.25, 0.3) is 26.7 Å². The van der Waals surface area contributed by atoms with E-state index in [4.69, 9.17) is 0 Å². The average molecular weight is 381 g/mol. The summed E-state index contributed by atoms with van der Waals surface area (Å²) in [6.07, 6.45) is 0. The molecule has 0 aliphatic carbocycles. The molecular weight excluding hydrogens is 366 g/mol. The normalized spacial score (nSPS) is 10.3. The van der Waals surface area contributed by atoms with Crippen molar-refractivity contribution in [2.24, 2.45) is 0 Å². The third kappa shape index (κ3) is 3.26. The number of amides is 1. The maximum Gasteiger partial charge on any atom is 1.00 e. The third-order valence-corrected chi connectivity index (χ3v) is 4.52. The van der Waals surface area contributed by atoms with Crippen molar-refractivity contribution in [1.82, 2.24) is 4.98 Å². The monoisotopic (exact) mass is 380 g/mol. The summed E-state index contributed by atoms with van der Waals surface area (Å²) in [6.45, 7) is 4.04. The van der Waals surface area contributed by atoms with E-state index < -0.39 is 0 Å². The number of aromatic nitrogens is 1. The number of thiophene rings is 1. The van der Waals surface area contributed by atoms with Crippen molar-refractivity contribution in [3.05, 3.63) is 57.8 Å². The Morgan fingerprint density at radius 3 is 2.50 bits per heavy atom. The smallest absolute Gasteiger partial charge is 0.651 e. The SMILES string of the molecule is C[N-]C(=O)c1sc2nc(C)cc(C)c2c1-c1ccccc1.[Rb+]. The van der Waals surface area contributed by atoms with Crippen LogP contribution in [0.3, 0.4) is 0 Å². The molecule has 3 nitrogen and oxygen atoms in total. The first-order chi connectivity index (χ1) is 10.1. The van der Waals surface area contributed by atoms with Gasteiger partial charge in [0.1, 0.15) is 4.83 Å². The van der Waals surface area contributed by atoms with E-state index in [1.807, 2.05) is 37.3 Å². The molecule has 2 heterocycles. The fraction of sp³-hybridized carbons (Fsp3) is 0.176. The molecule has 0 saturated carbocycles. The van der Waals surface area contributed by atoms with Crippen molar-refractivity contribution in [2.75, 3.05) is 7.05 Å². The third-order valence-electron chi connectivity index (χ3n) is 3.45. The molecule has 1 aromatic carbocycles. The van der Waals surface area contributed by atoms with E-state index in [2.05, 4.69) is 23.3 Å². The van der Waals surface area contributed by atoms with E-state index in [9.17, 15) is 4.79 Å². The van der Waals surface area contributed by atoms with Crippen LogP contribution in [-0.4, -0.2) is 17.9 Å². The summed E-state index contributed by atoms with van der Waals surface area (Å²) < 4.78 is 0.